The molecular formula is C27H46O6. The summed E-state index contributed by atoms with van der Waals surface area (Å²) in [6, 6.07) is 0. The average molecular weight is 467 g/mol. The van der Waals surface area contributed by atoms with E-state index in [9.17, 15) is 30.3 Å². The summed E-state index contributed by atoms with van der Waals surface area (Å²) in [7, 11) is 0. The van der Waals surface area contributed by atoms with Crippen molar-refractivity contribution in [3.8, 4) is 0 Å². The van der Waals surface area contributed by atoms with E-state index in [4.69, 9.17) is 0 Å². The van der Waals surface area contributed by atoms with Crippen molar-refractivity contribution in [3.63, 3.8) is 0 Å². The topological polar surface area (TPSA) is 118 Å². The number of fused-ring (bicyclic) bond motifs is 5. The molecule has 0 bridgehead atoms. The summed E-state index contributed by atoms with van der Waals surface area (Å²) in [6.07, 6.45) is 9.19. The van der Waals surface area contributed by atoms with Crippen molar-refractivity contribution in [3.05, 3.63) is 0 Å². The predicted molar refractivity (Wildman–Crippen MR) is 125 cm³/mol. The van der Waals surface area contributed by atoms with Gasteiger partial charge in [0.25, 0.3) is 0 Å². The van der Waals surface area contributed by atoms with Crippen LogP contribution in [0.25, 0.3) is 0 Å². The minimum absolute atomic E-state index is 0.0802. The first-order chi connectivity index (χ1) is 15.3. The van der Waals surface area contributed by atoms with E-state index < -0.39 is 40.2 Å². The molecule has 4 fully saturated rings. The van der Waals surface area contributed by atoms with E-state index in [1.165, 1.54) is 0 Å². The molecule has 0 heterocycles. The average Bonchev–Trinajstić information content (AvgIpc) is 2.84. The van der Waals surface area contributed by atoms with Crippen molar-refractivity contribution in [2.75, 3.05) is 0 Å². The van der Waals surface area contributed by atoms with Gasteiger partial charge in [0.15, 0.2) is 0 Å². The van der Waals surface area contributed by atoms with E-state index in [1.54, 1.807) is 0 Å². The number of hydrogen-bond acceptors (Lipinski definition) is 5. The van der Waals surface area contributed by atoms with Crippen molar-refractivity contribution in [2.24, 2.45) is 52.3 Å². The van der Waals surface area contributed by atoms with Crippen LogP contribution in [0.1, 0.15) is 98.3 Å². The van der Waals surface area contributed by atoms with Gasteiger partial charge in [-0.2, -0.15) is 0 Å². The quantitative estimate of drug-likeness (QED) is 0.375. The number of aliphatic hydroxyl groups is 4. The van der Waals surface area contributed by atoms with Gasteiger partial charge in [0.2, 0.25) is 11.6 Å². The van der Waals surface area contributed by atoms with Crippen molar-refractivity contribution in [2.45, 2.75) is 110 Å². The highest BCUT2D eigenvalue weighted by Gasteiger charge is 2.78. The maximum Gasteiger partial charge on any atom is 0.310 e. The molecule has 4 aliphatic rings. The zero-order valence-corrected chi connectivity index (χ0v) is 21.0. The summed E-state index contributed by atoms with van der Waals surface area (Å²) >= 11 is 0. The largest absolute Gasteiger partial charge is 0.481 e. The molecule has 6 nitrogen and oxygen atoms in total. The summed E-state index contributed by atoms with van der Waals surface area (Å²) in [5.74, 6) is -7.14. The van der Waals surface area contributed by atoms with Crippen LogP contribution >= 0.6 is 0 Å². The van der Waals surface area contributed by atoms with E-state index in [0.717, 1.165) is 51.4 Å². The summed E-state index contributed by atoms with van der Waals surface area (Å²) in [5.41, 5.74) is -1.47. The molecule has 33 heavy (non-hydrogen) atoms. The first kappa shape index (κ1) is 25.4. The van der Waals surface area contributed by atoms with Gasteiger partial charge < -0.3 is 25.5 Å². The smallest absolute Gasteiger partial charge is 0.310 e. The molecule has 1 unspecified atom stereocenters. The van der Waals surface area contributed by atoms with Crippen LogP contribution in [-0.2, 0) is 4.79 Å². The standard InChI is InChI=1S/C27H46O6/c1-16(2)8-7-9-17(3)21-24(4)15-13-20-19(22(24)27(32,33)26(21,30)31)12-11-18-10-5-6-14-25(18,20)23(28)29/h16-22,30-33H,5-15H2,1-4H3,(H,28,29)/t17-,18?,19-,20+,21-,22+,24-,25-/m1/s1. The molecule has 0 radical (unpaired) electrons. The number of hydrogen-bond donors (Lipinski definition) is 5. The van der Waals surface area contributed by atoms with Crippen LogP contribution in [0.5, 0.6) is 0 Å². The Morgan fingerprint density at radius 2 is 1.61 bits per heavy atom. The Morgan fingerprint density at radius 3 is 2.24 bits per heavy atom. The van der Waals surface area contributed by atoms with E-state index >= 15 is 0 Å². The third-order valence-corrected chi connectivity index (χ3v) is 10.8. The summed E-state index contributed by atoms with van der Waals surface area (Å²) in [5, 5.41) is 55.8. The molecule has 8 atom stereocenters. The van der Waals surface area contributed by atoms with E-state index in [2.05, 4.69) is 13.8 Å². The summed E-state index contributed by atoms with van der Waals surface area (Å²) in [6.45, 7) is 8.37. The molecule has 4 rings (SSSR count). The van der Waals surface area contributed by atoms with Gasteiger partial charge in [-0.3, -0.25) is 4.79 Å². The predicted octanol–water partition coefficient (Wildman–Crippen LogP) is 4.14. The second-order valence-electron chi connectivity index (χ2n) is 12.9. The second-order valence-corrected chi connectivity index (χ2v) is 12.9. The van der Waals surface area contributed by atoms with Crippen molar-refractivity contribution in [1.29, 1.82) is 0 Å². The van der Waals surface area contributed by atoms with Crippen LogP contribution in [0.3, 0.4) is 0 Å². The molecule has 0 saturated heterocycles. The zero-order chi connectivity index (χ0) is 24.4. The van der Waals surface area contributed by atoms with Crippen LogP contribution in [0, 0.1) is 52.3 Å². The molecule has 4 aliphatic carbocycles. The molecule has 190 valence electrons. The molecule has 6 heteroatoms. The number of carboxylic acids is 1. The lowest BCUT2D eigenvalue weighted by Gasteiger charge is -2.60. The van der Waals surface area contributed by atoms with Crippen molar-refractivity contribution in [1.82, 2.24) is 0 Å². The van der Waals surface area contributed by atoms with Gasteiger partial charge in [0.1, 0.15) is 0 Å². The van der Waals surface area contributed by atoms with Gasteiger partial charge in [-0.15, -0.1) is 0 Å². The highest BCUT2D eigenvalue weighted by atomic mass is 16.6. The Balaban J connectivity index is 1.70. The second kappa shape index (κ2) is 8.46. The first-order valence-corrected chi connectivity index (χ1v) is 13.4. The van der Waals surface area contributed by atoms with Crippen LogP contribution in [0.15, 0.2) is 0 Å². The normalized spacial score (nSPS) is 44.6. The van der Waals surface area contributed by atoms with E-state index in [1.807, 2.05) is 13.8 Å². The van der Waals surface area contributed by atoms with Gasteiger partial charge in [-0.1, -0.05) is 59.8 Å². The van der Waals surface area contributed by atoms with E-state index in [0.29, 0.717) is 25.2 Å². The fourth-order valence-electron chi connectivity index (χ4n) is 9.64. The van der Waals surface area contributed by atoms with Crippen molar-refractivity contribution < 1.29 is 30.3 Å². The monoisotopic (exact) mass is 466 g/mol. The lowest BCUT2D eigenvalue weighted by Crippen LogP contribution is -2.62. The van der Waals surface area contributed by atoms with Gasteiger partial charge in [0.05, 0.1) is 5.41 Å². The summed E-state index contributed by atoms with van der Waals surface area (Å²) < 4.78 is 0. The Morgan fingerprint density at radius 1 is 0.909 bits per heavy atom. The minimum Gasteiger partial charge on any atom is -0.481 e. The van der Waals surface area contributed by atoms with Gasteiger partial charge in [-0.05, 0) is 73.5 Å². The van der Waals surface area contributed by atoms with Crippen LogP contribution in [0.4, 0.5) is 0 Å². The lowest BCUT2D eigenvalue weighted by molar-refractivity contribution is -0.374. The third-order valence-electron chi connectivity index (χ3n) is 10.8. The Labute approximate surface area is 198 Å². The van der Waals surface area contributed by atoms with Crippen LogP contribution < -0.4 is 0 Å². The number of carbonyl (C=O) groups is 1. The number of aliphatic carboxylic acids is 1. The first-order valence-electron chi connectivity index (χ1n) is 13.4. The molecule has 0 spiro atoms. The van der Waals surface area contributed by atoms with Gasteiger partial charge >= 0.3 is 5.97 Å². The maximum absolute atomic E-state index is 12.7. The Bertz CT molecular complexity index is 747. The molecule has 0 aromatic rings. The Hall–Kier alpha value is -0.690. The lowest BCUT2D eigenvalue weighted by atomic mass is 9.43. The number of rotatable bonds is 6. The highest BCUT2D eigenvalue weighted by Crippen LogP contribution is 2.72. The molecule has 0 aliphatic heterocycles. The summed E-state index contributed by atoms with van der Waals surface area (Å²) in [4.78, 5) is 12.7. The van der Waals surface area contributed by atoms with Crippen molar-refractivity contribution >= 4 is 5.97 Å². The molecule has 0 amide bonds. The molecule has 0 aromatic carbocycles. The maximum atomic E-state index is 12.7. The molecule has 5 N–H and O–H groups in total. The highest BCUT2D eigenvalue weighted by molar-refractivity contribution is 5.76. The van der Waals surface area contributed by atoms with Gasteiger partial charge in [0, 0.05) is 11.8 Å². The fraction of sp³-hybridized carbons (Fsp3) is 0.963. The van der Waals surface area contributed by atoms with Crippen LogP contribution in [-0.4, -0.2) is 43.1 Å². The third kappa shape index (κ3) is 3.53. The fourth-order valence-corrected chi connectivity index (χ4v) is 9.64. The Kier molecular flexibility index (Phi) is 6.51. The zero-order valence-electron chi connectivity index (χ0n) is 21.0. The van der Waals surface area contributed by atoms with Gasteiger partial charge in [-0.25, -0.2) is 0 Å². The SMILES string of the molecule is CC(C)CCC[C@@H](C)[C@H]1C(O)(O)C(O)(O)[C@H]2[C@@H]3CCC4CCCC[C@]4(C(=O)O)[C@H]3CC[C@@]21C. The minimum atomic E-state index is -2.65. The molecular weight excluding hydrogens is 420 g/mol. The molecule has 4 saturated carbocycles. The van der Waals surface area contributed by atoms with Crippen LogP contribution in [0.2, 0.25) is 0 Å². The molecule has 0 aromatic heterocycles. The van der Waals surface area contributed by atoms with E-state index in [-0.39, 0.29) is 23.7 Å². The number of carboxylic acid groups (broad SMARTS) is 1.